The number of likely N-dealkylation sites (N-methyl/N-ethyl adjacent to an activating group) is 1. The number of fused-ring (bicyclic) bond motifs is 1. The lowest BCUT2D eigenvalue weighted by molar-refractivity contribution is -0.134. The number of aromatic nitrogens is 3. The minimum absolute atomic E-state index is 0.0887. The van der Waals surface area contributed by atoms with Crippen molar-refractivity contribution in [1.82, 2.24) is 24.8 Å². The first kappa shape index (κ1) is 31.8. The standard InChI is InChI=1S/C27H30F4N6O5/c1-36(2)22(38)9-5-4-7-18(34-26(41)42-3)24(39)33-19-8-6-12-37(25(19)40)15-21-32-20-14-17(28)13-16(23(20)35-21)10-11-27(29,30)31/h5-6,8-9,12-14,18H,4,7,10-11,15H2,1-3H3,(H,32,35)(H,33,39)(H,34,41)/b9-5+/t18-/m0/s1. The molecule has 226 valence electrons. The first-order chi connectivity index (χ1) is 19.8. The third-order valence-corrected chi connectivity index (χ3v) is 6.08. The number of carbonyl (C=O) groups excluding carboxylic acids is 3. The molecule has 0 aliphatic rings. The summed E-state index contributed by atoms with van der Waals surface area (Å²) in [6.07, 6.45) is -2.27. The third-order valence-electron chi connectivity index (χ3n) is 6.08. The summed E-state index contributed by atoms with van der Waals surface area (Å²) in [5.41, 5.74) is -0.322. The number of rotatable bonds is 11. The number of amides is 3. The normalized spacial score (nSPS) is 12.4. The highest BCUT2D eigenvalue weighted by atomic mass is 19.4. The zero-order valence-corrected chi connectivity index (χ0v) is 23.0. The summed E-state index contributed by atoms with van der Waals surface area (Å²) in [7, 11) is 4.29. The van der Waals surface area contributed by atoms with Crippen molar-refractivity contribution in [2.24, 2.45) is 0 Å². The van der Waals surface area contributed by atoms with Crippen LogP contribution >= 0.6 is 0 Å². The van der Waals surface area contributed by atoms with Crippen LogP contribution in [0.15, 0.2) is 47.4 Å². The molecule has 2 heterocycles. The van der Waals surface area contributed by atoms with Gasteiger partial charge < -0.3 is 29.8 Å². The third kappa shape index (κ3) is 8.91. The number of hydrogen-bond donors (Lipinski definition) is 3. The number of halogens is 4. The molecule has 1 atom stereocenters. The Morgan fingerprint density at radius 2 is 1.98 bits per heavy atom. The van der Waals surface area contributed by atoms with Crippen molar-refractivity contribution < 1.29 is 36.7 Å². The number of hydrogen-bond acceptors (Lipinski definition) is 6. The summed E-state index contributed by atoms with van der Waals surface area (Å²) in [5.74, 6) is -1.53. The maximum atomic E-state index is 14.0. The number of H-pyrrole nitrogens is 1. The summed E-state index contributed by atoms with van der Waals surface area (Å²) in [4.78, 5) is 58.0. The molecule has 15 heteroatoms. The van der Waals surface area contributed by atoms with Crippen LogP contribution in [0.25, 0.3) is 11.0 Å². The second kappa shape index (κ2) is 13.8. The molecule has 42 heavy (non-hydrogen) atoms. The molecule has 3 aromatic rings. The van der Waals surface area contributed by atoms with Crippen molar-refractivity contribution >= 4 is 34.6 Å². The minimum Gasteiger partial charge on any atom is -0.453 e. The molecule has 0 radical (unpaired) electrons. The molecule has 1 aromatic carbocycles. The van der Waals surface area contributed by atoms with E-state index >= 15 is 0 Å². The Labute approximate surface area is 237 Å². The highest BCUT2D eigenvalue weighted by Gasteiger charge is 2.27. The Balaban J connectivity index is 1.78. The fraction of sp³-hybridized carbons (Fsp3) is 0.370. The number of ether oxygens (including phenoxy) is 1. The van der Waals surface area contributed by atoms with Gasteiger partial charge in [-0.25, -0.2) is 14.2 Å². The molecule has 2 aromatic heterocycles. The van der Waals surface area contributed by atoms with E-state index in [9.17, 15) is 36.7 Å². The number of carbonyl (C=O) groups is 3. The molecule has 0 saturated carbocycles. The number of imidazole rings is 1. The lowest BCUT2D eigenvalue weighted by Crippen LogP contribution is -2.44. The van der Waals surface area contributed by atoms with Gasteiger partial charge in [-0.1, -0.05) is 6.08 Å². The number of allylic oxidation sites excluding steroid dienone is 1. The average molecular weight is 595 g/mol. The molecule has 3 amide bonds. The second-order valence-electron chi connectivity index (χ2n) is 9.50. The Kier molecular flexibility index (Phi) is 10.4. The number of aromatic amines is 1. The topological polar surface area (TPSA) is 138 Å². The number of nitrogens with one attached hydrogen (secondary N) is 3. The van der Waals surface area contributed by atoms with E-state index in [1.165, 1.54) is 33.9 Å². The molecule has 0 aliphatic carbocycles. The number of alkyl halides is 3. The van der Waals surface area contributed by atoms with Gasteiger partial charge in [0.2, 0.25) is 11.8 Å². The van der Waals surface area contributed by atoms with Crippen LogP contribution in [0.4, 0.5) is 28.0 Å². The Morgan fingerprint density at radius 1 is 1.24 bits per heavy atom. The molecule has 0 bridgehead atoms. The highest BCUT2D eigenvalue weighted by Crippen LogP contribution is 2.26. The summed E-state index contributed by atoms with van der Waals surface area (Å²) >= 11 is 0. The van der Waals surface area contributed by atoms with Crippen LogP contribution in [0.5, 0.6) is 0 Å². The number of nitrogens with zero attached hydrogens (tertiary/aromatic N) is 3. The molecule has 3 rings (SSSR count). The van der Waals surface area contributed by atoms with Gasteiger partial charge in [-0.15, -0.1) is 0 Å². The number of methoxy groups -OCH3 is 1. The minimum atomic E-state index is -4.42. The van der Waals surface area contributed by atoms with Crippen LogP contribution in [0.1, 0.15) is 30.7 Å². The number of anilines is 1. The van der Waals surface area contributed by atoms with Crippen molar-refractivity contribution in [2.45, 2.75) is 44.4 Å². The number of aryl methyl sites for hydroxylation is 1. The van der Waals surface area contributed by atoms with Crippen LogP contribution in [0.3, 0.4) is 0 Å². The Morgan fingerprint density at radius 3 is 2.64 bits per heavy atom. The molecule has 0 fully saturated rings. The maximum Gasteiger partial charge on any atom is 0.407 e. The lowest BCUT2D eigenvalue weighted by Gasteiger charge is -2.17. The van der Waals surface area contributed by atoms with E-state index in [4.69, 9.17) is 0 Å². The van der Waals surface area contributed by atoms with E-state index in [0.29, 0.717) is 0 Å². The largest absolute Gasteiger partial charge is 0.453 e. The van der Waals surface area contributed by atoms with Gasteiger partial charge in [0.05, 0.1) is 24.7 Å². The highest BCUT2D eigenvalue weighted by molar-refractivity contribution is 5.96. The lowest BCUT2D eigenvalue weighted by atomic mass is 10.1. The fourth-order valence-corrected chi connectivity index (χ4v) is 3.95. The predicted octanol–water partition coefficient (Wildman–Crippen LogP) is 3.49. The van der Waals surface area contributed by atoms with Crippen molar-refractivity contribution in [3.63, 3.8) is 0 Å². The predicted molar refractivity (Wildman–Crippen MR) is 145 cm³/mol. The molecule has 0 unspecified atom stereocenters. The molecular formula is C27H30F4N6O5. The molecule has 11 nitrogen and oxygen atoms in total. The van der Waals surface area contributed by atoms with E-state index in [1.807, 2.05) is 0 Å². The number of benzene rings is 1. The summed E-state index contributed by atoms with van der Waals surface area (Å²) in [5, 5.41) is 4.87. The SMILES string of the molecule is COC(=O)N[C@@H](CC/C=C/C(=O)N(C)C)C(=O)Nc1cccn(Cc2nc3cc(F)cc(CCC(F)(F)F)c3[nH]2)c1=O. The molecule has 0 saturated heterocycles. The van der Waals surface area contributed by atoms with Gasteiger partial charge in [-0.2, -0.15) is 13.2 Å². The van der Waals surface area contributed by atoms with Gasteiger partial charge in [0, 0.05) is 32.8 Å². The van der Waals surface area contributed by atoms with Gasteiger partial charge >= 0.3 is 12.3 Å². The van der Waals surface area contributed by atoms with Gasteiger partial charge in [-0.3, -0.25) is 14.4 Å². The fourth-order valence-electron chi connectivity index (χ4n) is 3.95. The molecule has 3 N–H and O–H groups in total. The smallest absolute Gasteiger partial charge is 0.407 e. The van der Waals surface area contributed by atoms with Crippen LogP contribution in [0, 0.1) is 5.82 Å². The molecular weight excluding hydrogens is 564 g/mol. The van der Waals surface area contributed by atoms with E-state index in [-0.39, 0.29) is 53.4 Å². The molecule has 0 spiro atoms. The van der Waals surface area contributed by atoms with Gasteiger partial charge in [-0.05, 0) is 49.1 Å². The Bertz CT molecular complexity index is 1530. The van der Waals surface area contributed by atoms with Gasteiger partial charge in [0.1, 0.15) is 23.4 Å². The van der Waals surface area contributed by atoms with E-state index in [1.54, 1.807) is 20.2 Å². The van der Waals surface area contributed by atoms with Gasteiger partial charge in [0.15, 0.2) is 0 Å². The van der Waals surface area contributed by atoms with Crippen molar-refractivity contribution in [2.75, 3.05) is 26.5 Å². The summed E-state index contributed by atoms with van der Waals surface area (Å²) in [6.45, 7) is -0.161. The zero-order chi connectivity index (χ0) is 31.0. The second-order valence-corrected chi connectivity index (χ2v) is 9.50. The van der Waals surface area contributed by atoms with Crippen molar-refractivity contribution in [3.8, 4) is 0 Å². The first-order valence-corrected chi connectivity index (χ1v) is 12.7. The number of alkyl carbamates (subject to hydrolysis) is 1. The summed E-state index contributed by atoms with van der Waals surface area (Å²) in [6, 6.07) is 3.81. The summed E-state index contributed by atoms with van der Waals surface area (Å²) < 4.78 is 58.0. The van der Waals surface area contributed by atoms with Crippen LogP contribution in [0.2, 0.25) is 0 Å². The maximum absolute atomic E-state index is 14.0. The van der Waals surface area contributed by atoms with Crippen LogP contribution in [-0.2, 0) is 27.3 Å². The molecule has 0 aliphatic heterocycles. The average Bonchev–Trinajstić information content (AvgIpc) is 3.32. The quantitative estimate of drug-likeness (QED) is 0.230. The monoisotopic (exact) mass is 594 g/mol. The number of pyridine rings is 1. The van der Waals surface area contributed by atoms with E-state index in [0.717, 1.165) is 19.2 Å². The van der Waals surface area contributed by atoms with E-state index < -0.39 is 48.4 Å². The van der Waals surface area contributed by atoms with Gasteiger partial charge in [0.25, 0.3) is 5.56 Å². The first-order valence-electron chi connectivity index (χ1n) is 12.7. The zero-order valence-electron chi connectivity index (χ0n) is 23.0. The van der Waals surface area contributed by atoms with Crippen LogP contribution < -0.4 is 16.2 Å². The van der Waals surface area contributed by atoms with Crippen molar-refractivity contribution in [1.29, 1.82) is 0 Å². The van der Waals surface area contributed by atoms with Crippen molar-refractivity contribution in [3.05, 3.63) is 70.2 Å². The van der Waals surface area contributed by atoms with Crippen LogP contribution in [-0.4, -0.2) is 70.8 Å². The van der Waals surface area contributed by atoms with E-state index in [2.05, 4.69) is 25.3 Å². The Hall–Kier alpha value is -4.69.